The van der Waals surface area contributed by atoms with Gasteiger partial charge in [0, 0.05) is 17.1 Å². The minimum atomic E-state index is 0.568. The molecule has 1 aliphatic heterocycles. The molecule has 2 N–H and O–H groups in total. The molecule has 4 heterocycles. The molecule has 7 nitrogen and oxygen atoms in total. The standard InChI is InChI=1S/C31H33N7/c1-19-18-33-13-11-22(19)15-27-30-25(21-5-3-6-21)7-4-8-26(30)36-31(37-27)23-12-14-34-29(16-23)38-28-10-9-24(17-32)20(2)35-28/h4,7-10,12,14,16,19,21-22,33H,3,5-6,11,13,15,18H2,1-2H3,(H,34,35,38)/t19-,22+/m1/s1. The molecule has 2 atom stereocenters. The molecule has 0 spiro atoms. The number of pyridine rings is 2. The van der Waals surface area contributed by atoms with E-state index in [4.69, 9.17) is 9.97 Å². The average Bonchev–Trinajstić information content (AvgIpc) is 2.89. The zero-order valence-electron chi connectivity index (χ0n) is 22.0. The Bertz CT molecular complexity index is 1520. The van der Waals surface area contributed by atoms with Crippen molar-refractivity contribution < 1.29 is 0 Å². The lowest BCUT2D eigenvalue weighted by atomic mass is 9.77. The average molecular weight is 504 g/mol. The number of nitriles is 1. The van der Waals surface area contributed by atoms with Crippen LogP contribution in [0.3, 0.4) is 0 Å². The van der Waals surface area contributed by atoms with Crippen molar-refractivity contribution in [3.8, 4) is 17.5 Å². The molecule has 7 heteroatoms. The topological polar surface area (TPSA) is 99.4 Å². The quantitative estimate of drug-likeness (QED) is 0.330. The van der Waals surface area contributed by atoms with Gasteiger partial charge in [0.1, 0.15) is 17.7 Å². The number of nitrogens with zero attached hydrogens (tertiary/aromatic N) is 5. The summed E-state index contributed by atoms with van der Waals surface area (Å²) in [5.74, 6) is 3.90. The van der Waals surface area contributed by atoms with Gasteiger partial charge in [-0.15, -0.1) is 0 Å². The van der Waals surface area contributed by atoms with Crippen LogP contribution in [-0.4, -0.2) is 33.0 Å². The Morgan fingerprint density at radius 1 is 1.05 bits per heavy atom. The second kappa shape index (κ2) is 10.5. The van der Waals surface area contributed by atoms with E-state index < -0.39 is 0 Å². The van der Waals surface area contributed by atoms with Crippen LogP contribution in [0.4, 0.5) is 11.6 Å². The predicted molar refractivity (Wildman–Crippen MR) is 150 cm³/mol. The number of fused-ring (bicyclic) bond motifs is 1. The van der Waals surface area contributed by atoms with Gasteiger partial charge in [-0.1, -0.05) is 25.5 Å². The number of aryl methyl sites for hydroxylation is 1. The van der Waals surface area contributed by atoms with E-state index in [9.17, 15) is 5.26 Å². The second-order valence-electron chi connectivity index (χ2n) is 10.8. The molecule has 0 amide bonds. The minimum Gasteiger partial charge on any atom is -0.325 e. The van der Waals surface area contributed by atoms with Gasteiger partial charge >= 0.3 is 0 Å². The summed E-state index contributed by atoms with van der Waals surface area (Å²) < 4.78 is 0. The zero-order valence-corrected chi connectivity index (χ0v) is 22.0. The van der Waals surface area contributed by atoms with E-state index in [1.165, 1.54) is 42.3 Å². The van der Waals surface area contributed by atoms with Crippen LogP contribution in [0.15, 0.2) is 48.7 Å². The highest BCUT2D eigenvalue weighted by Crippen LogP contribution is 2.41. The van der Waals surface area contributed by atoms with Gasteiger partial charge in [-0.25, -0.2) is 19.9 Å². The van der Waals surface area contributed by atoms with Crippen molar-refractivity contribution >= 4 is 22.5 Å². The molecule has 38 heavy (non-hydrogen) atoms. The number of aromatic nitrogens is 4. The molecule has 3 aromatic heterocycles. The van der Waals surface area contributed by atoms with E-state index in [-0.39, 0.29) is 0 Å². The molecular formula is C31H33N7. The maximum absolute atomic E-state index is 9.20. The lowest BCUT2D eigenvalue weighted by Gasteiger charge is -2.31. The van der Waals surface area contributed by atoms with E-state index in [2.05, 4.69) is 51.8 Å². The Morgan fingerprint density at radius 3 is 2.71 bits per heavy atom. The fourth-order valence-electron chi connectivity index (χ4n) is 5.76. The zero-order chi connectivity index (χ0) is 26.1. The van der Waals surface area contributed by atoms with Gasteiger partial charge in [-0.05, 0) is 99.3 Å². The summed E-state index contributed by atoms with van der Waals surface area (Å²) in [7, 11) is 0. The van der Waals surface area contributed by atoms with E-state index in [1.54, 1.807) is 18.3 Å². The first kappa shape index (κ1) is 24.4. The van der Waals surface area contributed by atoms with Crippen LogP contribution in [-0.2, 0) is 6.42 Å². The highest BCUT2D eigenvalue weighted by atomic mass is 15.1. The maximum atomic E-state index is 9.20. The van der Waals surface area contributed by atoms with Gasteiger partial charge in [-0.2, -0.15) is 5.26 Å². The molecule has 1 saturated carbocycles. The van der Waals surface area contributed by atoms with E-state index in [1.807, 2.05) is 19.1 Å². The monoisotopic (exact) mass is 503 g/mol. The third-order valence-electron chi connectivity index (χ3n) is 8.27. The molecule has 4 aromatic rings. The Kier molecular flexibility index (Phi) is 6.73. The first-order valence-corrected chi connectivity index (χ1v) is 13.7. The number of hydrogen-bond acceptors (Lipinski definition) is 7. The number of rotatable bonds is 6. The van der Waals surface area contributed by atoms with Gasteiger partial charge in [0.05, 0.1) is 22.5 Å². The molecule has 1 saturated heterocycles. The number of nitrogens with one attached hydrogen (secondary N) is 2. The molecule has 0 bridgehead atoms. The Labute approximate surface area is 223 Å². The maximum Gasteiger partial charge on any atom is 0.160 e. The summed E-state index contributed by atoms with van der Waals surface area (Å²) in [6, 6.07) is 16.3. The van der Waals surface area contributed by atoms with Gasteiger partial charge in [0.2, 0.25) is 0 Å². The Balaban J connectivity index is 1.39. The summed E-state index contributed by atoms with van der Waals surface area (Å²) in [5, 5.41) is 17.3. The fraction of sp³-hybridized carbons (Fsp3) is 0.387. The van der Waals surface area contributed by atoms with Crippen molar-refractivity contribution in [3.63, 3.8) is 0 Å². The molecule has 192 valence electrons. The molecule has 2 fully saturated rings. The number of piperidine rings is 1. The smallest absolute Gasteiger partial charge is 0.160 e. The molecule has 2 aliphatic rings. The molecule has 0 unspecified atom stereocenters. The summed E-state index contributed by atoms with van der Waals surface area (Å²) in [6.07, 6.45) is 7.75. The summed E-state index contributed by atoms with van der Waals surface area (Å²) >= 11 is 0. The highest BCUT2D eigenvalue weighted by molar-refractivity contribution is 5.87. The summed E-state index contributed by atoms with van der Waals surface area (Å²) in [6.45, 7) is 6.33. The Hall–Kier alpha value is -3.89. The lowest BCUT2D eigenvalue weighted by Crippen LogP contribution is -2.36. The third-order valence-corrected chi connectivity index (χ3v) is 8.27. The van der Waals surface area contributed by atoms with Crippen LogP contribution in [0.1, 0.15) is 61.0 Å². The van der Waals surface area contributed by atoms with Crippen molar-refractivity contribution in [1.29, 1.82) is 5.26 Å². The van der Waals surface area contributed by atoms with Crippen molar-refractivity contribution in [3.05, 3.63) is 71.2 Å². The molecule has 1 aromatic carbocycles. The number of benzene rings is 1. The van der Waals surface area contributed by atoms with Crippen LogP contribution in [0.25, 0.3) is 22.3 Å². The van der Waals surface area contributed by atoms with Crippen molar-refractivity contribution in [2.45, 2.75) is 51.9 Å². The van der Waals surface area contributed by atoms with E-state index in [0.717, 1.165) is 36.4 Å². The van der Waals surface area contributed by atoms with Gasteiger partial charge < -0.3 is 10.6 Å². The van der Waals surface area contributed by atoms with Gasteiger partial charge in [0.15, 0.2) is 5.82 Å². The van der Waals surface area contributed by atoms with E-state index in [0.29, 0.717) is 40.6 Å². The van der Waals surface area contributed by atoms with Gasteiger partial charge in [-0.3, -0.25) is 0 Å². The van der Waals surface area contributed by atoms with Crippen LogP contribution in [0.2, 0.25) is 0 Å². The molecule has 6 rings (SSSR count). The van der Waals surface area contributed by atoms with Crippen LogP contribution in [0, 0.1) is 30.1 Å². The minimum absolute atomic E-state index is 0.568. The Morgan fingerprint density at radius 2 is 1.95 bits per heavy atom. The molecule has 0 radical (unpaired) electrons. The van der Waals surface area contributed by atoms with Crippen LogP contribution in [0.5, 0.6) is 0 Å². The van der Waals surface area contributed by atoms with Gasteiger partial charge in [0.25, 0.3) is 0 Å². The largest absolute Gasteiger partial charge is 0.325 e. The number of hydrogen-bond donors (Lipinski definition) is 2. The van der Waals surface area contributed by atoms with Crippen LogP contribution < -0.4 is 10.6 Å². The summed E-state index contributed by atoms with van der Waals surface area (Å²) in [5.41, 5.74) is 5.82. The fourth-order valence-corrected chi connectivity index (χ4v) is 5.76. The number of anilines is 2. The second-order valence-corrected chi connectivity index (χ2v) is 10.8. The summed E-state index contributed by atoms with van der Waals surface area (Å²) in [4.78, 5) is 19.3. The van der Waals surface area contributed by atoms with Crippen molar-refractivity contribution in [1.82, 2.24) is 25.3 Å². The predicted octanol–water partition coefficient (Wildman–Crippen LogP) is 6.07. The SMILES string of the molecule is Cc1nc(Nc2cc(-c3nc(C[C@@H]4CCNC[C@H]4C)c4c(C5CCC5)cccc4n3)ccn2)ccc1C#N. The normalized spacial score (nSPS) is 19.6. The van der Waals surface area contributed by atoms with Crippen LogP contribution >= 0.6 is 0 Å². The lowest BCUT2D eigenvalue weighted by molar-refractivity contribution is 0.271. The molecular weight excluding hydrogens is 470 g/mol. The van der Waals surface area contributed by atoms with E-state index >= 15 is 0 Å². The van der Waals surface area contributed by atoms with Crippen molar-refractivity contribution in [2.75, 3.05) is 18.4 Å². The third kappa shape index (κ3) is 4.84. The highest BCUT2D eigenvalue weighted by Gasteiger charge is 2.27. The first-order chi connectivity index (χ1) is 18.6. The first-order valence-electron chi connectivity index (χ1n) is 13.7. The van der Waals surface area contributed by atoms with Crippen molar-refractivity contribution in [2.24, 2.45) is 11.8 Å². The molecule has 1 aliphatic carbocycles.